The number of nitrogens with one attached hydrogen (secondary N) is 1. The van der Waals surface area contributed by atoms with Crippen LogP contribution in [0.5, 0.6) is 5.75 Å². The van der Waals surface area contributed by atoms with Crippen molar-refractivity contribution in [3.8, 4) is 5.75 Å². The third kappa shape index (κ3) is 3.78. The Kier molecular flexibility index (Phi) is 5.15. The number of nitrogens with zero attached hydrogens (tertiary/aromatic N) is 1. The minimum atomic E-state index is -3.76. The van der Waals surface area contributed by atoms with Crippen LogP contribution >= 0.6 is 0 Å². The van der Waals surface area contributed by atoms with E-state index in [-0.39, 0.29) is 10.8 Å². The Morgan fingerprint density at radius 3 is 2.56 bits per heavy atom. The lowest BCUT2D eigenvalue weighted by molar-refractivity contribution is -0.116. The standard InChI is InChI=1S/C20H24N2O4S/c1-13-11-20(14(2)10-19(13)26-4)27(24,25)21-17-8-7-16-6-5-9-22(15(3)23)18(16)12-17/h7-8,10-12,21H,5-6,9H2,1-4H3. The Morgan fingerprint density at radius 1 is 1.15 bits per heavy atom. The summed E-state index contributed by atoms with van der Waals surface area (Å²) in [5.41, 5.74) is 3.62. The maximum absolute atomic E-state index is 12.9. The second kappa shape index (κ2) is 7.23. The van der Waals surface area contributed by atoms with E-state index in [1.165, 1.54) is 6.92 Å². The molecule has 0 aliphatic carbocycles. The van der Waals surface area contributed by atoms with Gasteiger partial charge in [-0.15, -0.1) is 0 Å². The fourth-order valence-electron chi connectivity index (χ4n) is 3.45. The van der Waals surface area contributed by atoms with Crippen molar-refractivity contribution in [3.05, 3.63) is 47.0 Å². The molecule has 2 aromatic rings. The molecule has 0 aromatic heterocycles. The number of benzene rings is 2. The summed E-state index contributed by atoms with van der Waals surface area (Å²) in [6.07, 6.45) is 1.78. The average Bonchev–Trinajstić information content (AvgIpc) is 2.62. The highest BCUT2D eigenvalue weighted by molar-refractivity contribution is 7.92. The van der Waals surface area contributed by atoms with Gasteiger partial charge in [0.05, 0.1) is 17.7 Å². The van der Waals surface area contributed by atoms with Gasteiger partial charge in [-0.25, -0.2) is 8.42 Å². The third-order valence-corrected chi connectivity index (χ3v) is 6.34. The molecule has 6 nitrogen and oxygen atoms in total. The van der Waals surface area contributed by atoms with Gasteiger partial charge in [0.25, 0.3) is 10.0 Å². The van der Waals surface area contributed by atoms with Crippen molar-refractivity contribution >= 4 is 27.3 Å². The fourth-order valence-corrected chi connectivity index (χ4v) is 4.81. The summed E-state index contributed by atoms with van der Waals surface area (Å²) in [6, 6.07) is 8.68. The summed E-state index contributed by atoms with van der Waals surface area (Å²) in [5, 5.41) is 0. The van der Waals surface area contributed by atoms with Crippen molar-refractivity contribution in [2.75, 3.05) is 23.3 Å². The summed E-state index contributed by atoms with van der Waals surface area (Å²) < 4.78 is 33.7. The highest BCUT2D eigenvalue weighted by atomic mass is 32.2. The van der Waals surface area contributed by atoms with Crippen molar-refractivity contribution in [2.24, 2.45) is 0 Å². The zero-order chi connectivity index (χ0) is 19.8. The highest BCUT2D eigenvalue weighted by Gasteiger charge is 2.23. The molecule has 0 saturated carbocycles. The number of anilines is 2. The van der Waals surface area contributed by atoms with E-state index in [1.54, 1.807) is 50.1 Å². The Balaban J connectivity index is 1.97. The quantitative estimate of drug-likeness (QED) is 0.871. The van der Waals surface area contributed by atoms with Crippen LogP contribution in [0.1, 0.15) is 30.0 Å². The van der Waals surface area contributed by atoms with Gasteiger partial charge in [0.15, 0.2) is 0 Å². The monoisotopic (exact) mass is 388 g/mol. The number of sulfonamides is 1. The van der Waals surface area contributed by atoms with E-state index in [0.29, 0.717) is 23.5 Å². The number of methoxy groups -OCH3 is 1. The van der Waals surface area contributed by atoms with E-state index in [1.807, 2.05) is 6.07 Å². The van der Waals surface area contributed by atoms with E-state index in [2.05, 4.69) is 4.72 Å². The van der Waals surface area contributed by atoms with Gasteiger partial charge < -0.3 is 9.64 Å². The number of carbonyl (C=O) groups excluding carboxylic acids is 1. The van der Waals surface area contributed by atoms with Crippen LogP contribution in [0.2, 0.25) is 0 Å². The van der Waals surface area contributed by atoms with Crippen molar-refractivity contribution in [3.63, 3.8) is 0 Å². The van der Waals surface area contributed by atoms with Crippen molar-refractivity contribution < 1.29 is 17.9 Å². The number of carbonyl (C=O) groups is 1. The molecule has 0 unspecified atom stereocenters. The predicted molar refractivity (Wildman–Crippen MR) is 106 cm³/mol. The van der Waals surface area contributed by atoms with E-state index >= 15 is 0 Å². The molecule has 0 bridgehead atoms. The number of amides is 1. The summed E-state index contributed by atoms with van der Waals surface area (Å²) in [6.45, 7) is 5.71. The summed E-state index contributed by atoms with van der Waals surface area (Å²) in [4.78, 5) is 13.8. The number of ether oxygens (including phenoxy) is 1. The van der Waals surface area contributed by atoms with E-state index in [0.717, 1.165) is 29.7 Å². The molecule has 0 fully saturated rings. The zero-order valence-electron chi connectivity index (χ0n) is 16.0. The van der Waals surface area contributed by atoms with Gasteiger partial charge in [0, 0.05) is 19.2 Å². The molecule has 7 heteroatoms. The summed E-state index contributed by atoms with van der Waals surface area (Å²) in [7, 11) is -2.21. The normalized spacial score (nSPS) is 13.9. The van der Waals surface area contributed by atoms with Crippen LogP contribution in [-0.4, -0.2) is 28.0 Å². The Hall–Kier alpha value is -2.54. The van der Waals surface area contributed by atoms with Crippen molar-refractivity contribution in [2.45, 2.75) is 38.5 Å². The lowest BCUT2D eigenvalue weighted by Crippen LogP contribution is -2.33. The number of hydrogen-bond donors (Lipinski definition) is 1. The molecule has 1 aliphatic heterocycles. The first-order chi connectivity index (χ1) is 12.7. The van der Waals surface area contributed by atoms with E-state index in [4.69, 9.17) is 4.74 Å². The minimum absolute atomic E-state index is 0.0439. The molecule has 2 aromatic carbocycles. The number of aryl methyl sites for hydroxylation is 3. The van der Waals surface area contributed by atoms with Crippen molar-refractivity contribution in [1.29, 1.82) is 0 Å². The van der Waals surface area contributed by atoms with Gasteiger partial charge in [-0.3, -0.25) is 9.52 Å². The Morgan fingerprint density at radius 2 is 1.89 bits per heavy atom. The molecule has 0 atom stereocenters. The molecule has 0 saturated heterocycles. The fraction of sp³-hybridized carbons (Fsp3) is 0.350. The smallest absolute Gasteiger partial charge is 0.262 e. The second-order valence-corrected chi connectivity index (χ2v) is 8.46. The molecule has 3 rings (SSSR count). The molecular formula is C20H24N2O4S. The van der Waals surface area contributed by atoms with Gasteiger partial charge >= 0.3 is 0 Å². The SMILES string of the molecule is COc1cc(C)c(S(=O)(=O)Nc2ccc3c(c2)N(C(C)=O)CCC3)cc1C. The van der Waals surface area contributed by atoms with Crippen LogP contribution in [0.25, 0.3) is 0 Å². The lowest BCUT2D eigenvalue weighted by Gasteiger charge is -2.29. The second-order valence-electron chi connectivity index (χ2n) is 6.81. The molecule has 1 N–H and O–H groups in total. The molecule has 1 heterocycles. The minimum Gasteiger partial charge on any atom is -0.496 e. The maximum atomic E-state index is 12.9. The molecule has 0 radical (unpaired) electrons. The maximum Gasteiger partial charge on any atom is 0.262 e. The topological polar surface area (TPSA) is 75.7 Å². The van der Waals surface area contributed by atoms with Gasteiger partial charge in [0.1, 0.15) is 5.75 Å². The lowest BCUT2D eigenvalue weighted by atomic mass is 10.0. The third-order valence-electron chi connectivity index (χ3n) is 4.82. The van der Waals surface area contributed by atoms with Crippen LogP contribution in [0, 0.1) is 13.8 Å². The first kappa shape index (κ1) is 19.2. The predicted octanol–water partition coefficient (Wildman–Crippen LogP) is 3.41. The van der Waals surface area contributed by atoms with Gasteiger partial charge in [-0.05, 0) is 67.6 Å². The number of rotatable bonds is 4. The summed E-state index contributed by atoms with van der Waals surface area (Å²) in [5.74, 6) is 0.606. The first-order valence-electron chi connectivity index (χ1n) is 8.82. The van der Waals surface area contributed by atoms with Gasteiger partial charge in [-0.1, -0.05) is 6.07 Å². The largest absolute Gasteiger partial charge is 0.496 e. The number of fused-ring (bicyclic) bond motifs is 1. The van der Waals surface area contributed by atoms with Crippen LogP contribution in [-0.2, 0) is 21.2 Å². The van der Waals surface area contributed by atoms with Gasteiger partial charge in [-0.2, -0.15) is 0 Å². The molecule has 144 valence electrons. The highest BCUT2D eigenvalue weighted by Crippen LogP contribution is 2.32. The molecule has 1 aliphatic rings. The van der Waals surface area contributed by atoms with Crippen LogP contribution in [0.15, 0.2) is 35.2 Å². The van der Waals surface area contributed by atoms with Gasteiger partial charge in [0.2, 0.25) is 5.91 Å². The molecule has 1 amide bonds. The summed E-state index contributed by atoms with van der Waals surface area (Å²) >= 11 is 0. The first-order valence-corrected chi connectivity index (χ1v) is 10.3. The molecule has 0 spiro atoms. The number of hydrogen-bond acceptors (Lipinski definition) is 4. The van der Waals surface area contributed by atoms with E-state index < -0.39 is 10.0 Å². The van der Waals surface area contributed by atoms with Crippen LogP contribution in [0.4, 0.5) is 11.4 Å². The van der Waals surface area contributed by atoms with Crippen LogP contribution < -0.4 is 14.4 Å². The zero-order valence-corrected chi connectivity index (χ0v) is 16.8. The van der Waals surface area contributed by atoms with Crippen LogP contribution in [0.3, 0.4) is 0 Å². The molecule has 27 heavy (non-hydrogen) atoms. The van der Waals surface area contributed by atoms with Crippen molar-refractivity contribution in [1.82, 2.24) is 0 Å². The average molecular weight is 388 g/mol. The Labute approximate surface area is 160 Å². The molecular weight excluding hydrogens is 364 g/mol. The van der Waals surface area contributed by atoms with E-state index in [9.17, 15) is 13.2 Å². The Bertz CT molecular complexity index is 999.